The van der Waals surface area contributed by atoms with Crippen molar-refractivity contribution in [2.45, 2.75) is 51.6 Å². The molecule has 0 amide bonds. The van der Waals surface area contributed by atoms with Crippen molar-refractivity contribution in [1.82, 2.24) is 9.97 Å². The van der Waals surface area contributed by atoms with E-state index < -0.39 is 0 Å². The quantitative estimate of drug-likeness (QED) is 0.154. The molecule has 0 N–H and O–H groups in total. The topological polar surface area (TPSA) is 51.9 Å². The smallest absolute Gasteiger partial charge is 0.137 e. The first-order chi connectivity index (χ1) is 35.9. The third-order valence-corrected chi connectivity index (χ3v) is 15.8. The number of hydrogen-bond donors (Lipinski definition) is 0. The van der Waals surface area contributed by atoms with Crippen LogP contribution in [-0.2, 0) is 0 Å². The summed E-state index contributed by atoms with van der Waals surface area (Å²) in [7, 11) is 0. The third kappa shape index (κ3) is 6.05. The highest BCUT2D eigenvalue weighted by atomic mass is 16.3. The largest absolute Gasteiger partial charge is 0.456 e. The highest BCUT2D eigenvalue weighted by Gasteiger charge is 2.41. The number of benzene rings is 9. The van der Waals surface area contributed by atoms with Crippen molar-refractivity contribution in [3.63, 3.8) is 0 Å². The Labute approximate surface area is 423 Å². The molecule has 2 aliphatic heterocycles. The molecule has 12 aromatic rings. The van der Waals surface area contributed by atoms with Crippen molar-refractivity contribution < 1.29 is 4.42 Å². The van der Waals surface area contributed by atoms with Crippen LogP contribution in [0.5, 0.6) is 0 Å². The minimum atomic E-state index is 0.0199. The Morgan fingerprint density at radius 2 is 0.877 bits per heavy atom. The molecule has 7 nitrogen and oxygen atoms in total. The molecule has 9 aromatic carbocycles. The predicted molar refractivity (Wildman–Crippen MR) is 305 cm³/mol. The van der Waals surface area contributed by atoms with Crippen LogP contribution < -0.4 is 19.6 Å². The van der Waals surface area contributed by atoms with Crippen LogP contribution >= 0.6 is 0 Å². The summed E-state index contributed by atoms with van der Waals surface area (Å²) in [5.74, 6) is 0.483. The van der Waals surface area contributed by atoms with Gasteiger partial charge in [0.2, 0.25) is 0 Å². The molecule has 5 heterocycles. The van der Waals surface area contributed by atoms with Gasteiger partial charge in [0.05, 0.1) is 57.6 Å². The molecule has 350 valence electrons. The van der Waals surface area contributed by atoms with E-state index in [4.69, 9.17) is 4.42 Å². The zero-order valence-electron chi connectivity index (χ0n) is 41.0. The Hall–Kier alpha value is -8.94. The first-order valence-corrected chi connectivity index (χ1v) is 25.6. The summed E-state index contributed by atoms with van der Waals surface area (Å²) < 4.78 is 6.91. The number of para-hydroxylation sites is 4. The number of furan rings is 1. The lowest BCUT2D eigenvalue weighted by atomic mass is 9.82. The first-order valence-electron chi connectivity index (χ1n) is 25.6. The third-order valence-electron chi connectivity index (χ3n) is 15.8. The van der Waals surface area contributed by atoms with E-state index in [0.717, 1.165) is 67.1 Å². The number of pyridine rings is 2. The van der Waals surface area contributed by atoms with Gasteiger partial charge in [-0.05, 0) is 134 Å². The van der Waals surface area contributed by atoms with E-state index in [1.54, 1.807) is 0 Å². The highest BCUT2D eigenvalue weighted by Crippen LogP contribution is 2.59. The molecule has 2 unspecified atom stereocenters. The maximum absolute atomic E-state index is 6.91. The molecule has 3 aromatic heterocycles. The molecule has 0 bridgehead atoms. The van der Waals surface area contributed by atoms with Gasteiger partial charge in [-0.2, -0.15) is 0 Å². The molecule has 0 saturated heterocycles. The summed E-state index contributed by atoms with van der Waals surface area (Å²) >= 11 is 0. The van der Waals surface area contributed by atoms with Gasteiger partial charge in [0.25, 0.3) is 0 Å². The Morgan fingerprint density at radius 3 is 1.52 bits per heavy atom. The average Bonchev–Trinajstić information content (AvgIpc) is 3.77. The second kappa shape index (κ2) is 15.8. The fourth-order valence-corrected chi connectivity index (χ4v) is 12.7. The van der Waals surface area contributed by atoms with Gasteiger partial charge in [0, 0.05) is 63.8 Å². The van der Waals surface area contributed by atoms with Crippen LogP contribution in [-0.4, -0.2) is 22.1 Å². The van der Waals surface area contributed by atoms with Gasteiger partial charge in [0.15, 0.2) is 0 Å². The number of nitrogens with zero attached hydrogens (tertiary/aromatic N) is 6. The van der Waals surface area contributed by atoms with Gasteiger partial charge in [-0.25, -0.2) is 0 Å². The molecule has 1 aliphatic carbocycles. The van der Waals surface area contributed by atoms with Crippen LogP contribution in [0, 0.1) is 0 Å². The van der Waals surface area contributed by atoms with E-state index in [0.29, 0.717) is 0 Å². The van der Waals surface area contributed by atoms with Crippen LogP contribution in [0.3, 0.4) is 0 Å². The lowest BCUT2D eigenvalue weighted by Crippen LogP contribution is -2.52. The van der Waals surface area contributed by atoms with E-state index >= 15 is 0 Å². The first kappa shape index (κ1) is 41.8. The van der Waals surface area contributed by atoms with Crippen molar-refractivity contribution >= 4 is 122 Å². The Bertz CT molecular complexity index is 4270. The molecular formula is C66H50N6O. The fourth-order valence-electron chi connectivity index (χ4n) is 12.7. The highest BCUT2D eigenvalue weighted by molar-refractivity contribution is 6.30. The minimum absolute atomic E-state index is 0.0199. The molecule has 0 radical (unpaired) electrons. The van der Waals surface area contributed by atoms with E-state index in [1.165, 1.54) is 65.9 Å². The van der Waals surface area contributed by atoms with Crippen molar-refractivity contribution in [2.75, 3.05) is 19.6 Å². The lowest BCUT2D eigenvalue weighted by Gasteiger charge is -2.49. The lowest BCUT2D eigenvalue weighted by molar-refractivity contribution is 0.639. The molecule has 0 fully saturated rings. The van der Waals surface area contributed by atoms with Crippen LogP contribution in [0.15, 0.2) is 211 Å². The zero-order valence-corrected chi connectivity index (χ0v) is 41.0. The molecular weight excluding hydrogens is 893 g/mol. The maximum atomic E-state index is 6.91. The van der Waals surface area contributed by atoms with Crippen LogP contribution in [0.2, 0.25) is 0 Å². The van der Waals surface area contributed by atoms with E-state index in [2.05, 4.69) is 239 Å². The van der Waals surface area contributed by atoms with Crippen LogP contribution in [0.25, 0.3) is 65.0 Å². The van der Waals surface area contributed by atoms with E-state index in [-0.39, 0.29) is 23.9 Å². The number of hydrogen-bond acceptors (Lipinski definition) is 7. The van der Waals surface area contributed by atoms with Gasteiger partial charge in [-0.15, -0.1) is 0 Å². The summed E-state index contributed by atoms with van der Waals surface area (Å²) in [5, 5.41) is 12.2. The molecule has 3 aliphatic rings. The van der Waals surface area contributed by atoms with Crippen molar-refractivity contribution in [2.24, 2.45) is 0 Å². The van der Waals surface area contributed by atoms with Crippen molar-refractivity contribution in [1.29, 1.82) is 0 Å². The maximum Gasteiger partial charge on any atom is 0.137 e. The Balaban J connectivity index is 1.02. The van der Waals surface area contributed by atoms with Crippen molar-refractivity contribution in [3.8, 4) is 0 Å². The standard InChI is InChI=1S/C66H50N6O/c1-39(2)47-34-44-22-24-58(72-56-20-12-9-17-53(56)70(46-27-31-68-32-28-46)59-37-50-49-33-41-13-5-6-14-42(41)36-61(49)73-62(50)38-60(59)72)66-48(40(3)4)35-43-21-23-57(65(47)63(43)64(44)66)71-54-18-10-7-15-51(54)69(45-25-29-67-30-26-45)52-16-8-11-19-55(52)71/h5-40,51,54H,1-4H3. The summed E-state index contributed by atoms with van der Waals surface area (Å²) in [4.78, 5) is 18.9. The second-order valence-corrected chi connectivity index (χ2v) is 20.5. The summed E-state index contributed by atoms with van der Waals surface area (Å²) in [6.45, 7) is 9.40. The van der Waals surface area contributed by atoms with Crippen molar-refractivity contribution in [3.05, 3.63) is 218 Å². The normalized spacial score (nSPS) is 16.2. The van der Waals surface area contributed by atoms with Gasteiger partial charge >= 0.3 is 0 Å². The molecule has 2 atom stereocenters. The molecule has 73 heavy (non-hydrogen) atoms. The Morgan fingerprint density at radius 1 is 0.384 bits per heavy atom. The number of anilines is 10. The monoisotopic (exact) mass is 942 g/mol. The average molecular weight is 943 g/mol. The summed E-state index contributed by atoms with van der Waals surface area (Å²) in [5.41, 5.74) is 15.6. The van der Waals surface area contributed by atoms with E-state index in [9.17, 15) is 0 Å². The SMILES string of the molecule is CC(C)c1cc2ccc(N3c4ccccc4N(c4ccncc4)C4C=CC=CC43)c3c(C(C)C)cc4ccc(N5c6ccccc6N(c6ccncc6)c6cc7c(cc65)oc5cc6ccccc6cc57)c1c4c23. The Kier molecular flexibility index (Phi) is 9.04. The molecule has 15 rings (SSSR count). The zero-order chi connectivity index (χ0) is 48.6. The minimum Gasteiger partial charge on any atom is -0.456 e. The number of aromatic nitrogens is 2. The molecule has 0 spiro atoms. The fraction of sp³-hybridized carbons (Fsp3) is 0.121. The molecule has 0 saturated carbocycles. The molecule has 7 heteroatoms. The van der Waals surface area contributed by atoms with Gasteiger partial charge in [-0.3, -0.25) is 9.97 Å². The van der Waals surface area contributed by atoms with E-state index in [1.807, 2.05) is 24.8 Å². The van der Waals surface area contributed by atoms with Gasteiger partial charge < -0.3 is 24.0 Å². The summed E-state index contributed by atoms with van der Waals surface area (Å²) in [6.07, 6.45) is 16.7. The summed E-state index contributed by atoms with van der Waals surface area (Å²) in [6, 6.07) is 58.6. The van der Waals surface area contributed by atoms with Crippen LogP contribution in [0.4, 0.5) is 56.9 Å². The van der Waals surface area contributed by atoms with Gasteiger partial charge in [-0.1, -0.05) is 125 Å². The van der Waals surface area contributed by atoms with Crippen LogP contribution in [0.1, 0.15) is 50.7 Å². The number of rotatable bonds is 6. The number of allylic oxidation sites excluding steroid dienone is 2. The number of fused-ring (bicyclic) bond motifs is 8. The predicted octanol–water partition coefficient (Wildman–Crippen LogP) is 18.1. The second-order valence-electron chi connectivity index (χ2n) is 20.5. The van der Waals surface area contributed by atoms with Gasteiger partial charge in [0.1, 0.15) is 11.2 Å².